The number of thiophene rings is 1. The van der Waals surface area contributed by atoms with E-state index in [2.05, 4.69) is 0 Å². The number of nitrogens with two attached hydrogens (primary N) is 1. The Bertz CT molecular complexity index is 624. The van der Waals surface area contributed by atoms with Gasteiger partial charge in [0.05, 0.1) is 12.2 Å². The Morgan fingerprint density at radius 1 is 1.29 bits per heavy atom. The fourth-order valence-electron chi connectivity index (χ4n) is 1.75. The maximum Gasteiger partial charge on any atom is 0.419 e. The first-order valence-electron chi connectivity index (χ1n) is 6.04. The third-order valence-corrected chi connectivity index (χ3v) is 3.93. The first-order valence-corrected chi connectivity index (χ1v) is 7.33. The molecule has 0 bridgehead atoms. The van der Waals surface area contributed by atoms with E-state index >= 15 is 0 Å². The zero-order valence-corrected chi connectivity index (χ0v) is 12.4. The Hall–Kier alpha value is -1.60. The summed E-state index contributed by atoms with van der Waals surface area (Å²) in [6.07, 6.45) is -3.95. The molecule has 112 valence electrons. The van der Waals surface area contributed by atoms with Crippen molar-refractivity contribution >= 4 is 28.5 Å². The first kappa shape index (κ1) is 15.8. The average molecular weight is 331 g/mol. The van der Waals surface area contributed by atoms with E-state index in [0.29, 0.717) is 6.42 Å². The van der Waals surface area contributed by atoms with Crippen LogP contribution in [0.15, 0.2) is 35.7 Å². The number of hydrogen-bond acceptors (Lipinski definition) is 3. The second-order valence-corrected chi connectivity index (χ2v) is 5.72. The molecule has 0 aliphatic rings. The topological polar surface area (TPSA) is 35.2 Å². The van der Waals surface area contributed by atoms with E-state index in [0.717, 1.165) is 10.9 Å². The SMILES string of the molecule is NC(=S)c1ccc(OCCc2cccs2)c(C(F)(F)F)c1. The maximum atomic E-state index is 13.0. The standard InChI is InChI=1S/C14H12F3NOS2/c15-14(16,17)11-8-9(13(18)20)3-4-12(11)19-6-5-10-2-1-7-21-10/h1-4,7-8H,5-6H2,(H2,18,20). The van der Waals surface area contributed by atoms with Crippen LogP contribution in [0.25, 0.3) is 0 Å². The van der Waals surface area contributed by atoms with Crippen molar-refractivity contribution < 1.29 is 17.9 Å². The molecule has 1 aromatic carbocycles. The van der Waals surface area contributed by atoms with Crippen LogP contribution in [-0.2, 0) is 12.6 Å². The molecule has 7 heteroatoms. The Kier molecular flexibility index (Phi) is 4.84. The summed E-state index contributed by atoms with van der Waals surface area (Å²) in [4.78, 5) is 0.981. The highest BCUT2D eigenvalue weighted by Gasteiger charge is 2.34. The van der Waals surface area contributed by atoms with Crippen LogP contribution in [0.3, 0.4) is 0 Å². The van der Waals surface area contributed by atoms with E-state index in [1.54, 1.807) is 0 Å². The van der Waals surface area contributed by atoms with Crippen molar-refractivity contribution in [3.05, 3.63) is 51.7 Å². The molecule has 2 N–H and O–H groups in total. The molecule has 0 spiro atoms. The van der Waals surface area contributed by atoms with Gasteiger partial charge in [0.1, 0.15) is 10.7 Å². The Labute approximate surface area is 129 Å². The van der Waals surface area contributed by atoms with Crippen LogP contribution >= 0.6 is 23.6 Å². The summed E-state index contributed by atoms with van der Waals surface area (Å²) in [7, 11) is 0. The number of rotatable bonds is 5. The molecule has 0 aliphatic carbocycles. The van der Waals surface area contributed by atoms with Crippen molar-refractivity contribution in [1.29, 1.82) is 0 Å². The maximum absolute atomic E-state index is 13.0. The molecule has 0 aliphatic heterocycles. The monoisotopic (exact) mass is 331 g/mol. The van der Waals surface area contributed by atoms with Gasteiger partial charge in [-0.1, -0.05) is 18.3 Å². The van der Waals surface area contributed by atoms with Gasteiger partial charge in [0.15, 0.2) is 0 Å². The molecule has 0 saturated heterocycles. The molecule has 2 nitrogen and oxygen atoms in total. The van der Waals surface area contributed by atoms with Gasteiger partial charge in [-0.25, -0.2) is 0 Å². The van der Waals surface area contributed by atoms with Crippen LogP contribution in [0, 0.1) is 0 Å². The van der Waals surface area contributed by atoms with Crippen LogP contribution in [-0.4, -0.2) is 11.6 Å². The minimum absolute atomic E-state index is 0.0781. The molecule has 0 amide bonds. The van der Waals surface area contributed by atoms with Crippen molar-refractivity contribution in [1.82, 2.24) is 0 Å². The van der Waals surface area contributed by atoms with Gasteiger partial charge < -0.3 is 10.5 Å². The summed E-state index contributed by atoms with van der Waals surface area (Å²) in [6.45, 7) is 0.177. The highest BCUT2D eigenvalue weighted by atomic mass is 32.1. The lowest BCUT2D eigenvalue weighted by Crippen LogP contribution is -2.14. The number of hydrogen-bond donors (Lipinski definition) is 1. The van der Waals surface area contributed by atoms with Crippen LogP contribution in [0.2, 0.25) is 0 Å². The van der Waals surface area contributed by atoms with Crippen molar-refractivity contribution in [2.24, 2.45) is 5.73 Å². The molecular weight excluding hydrogens is 319 g/mol. The van der Waals surface area contributed by atoms with Gasteiger partial charge in [-0.2, -0.15) is 13.2 Å². The van der Waals surface area contributed by atoms with Crippen LogP contribution in [0.1, 0.15) is 16.0 Å². The number of benzene rings is 1. The van der Waals surface area contributed by atoms with E-state index in [4.69, 9.17) is 22.7 Å². The third kappa shape index (κ3) is 4.18. The largest absolute Gasteiger partial charge is 0.493 e. The first-order chi connectivity index (χ1) is 9.88. The number of ether oxygens (including phenoxy) is 1. The summed E-state index contributed by atoms with van der Waals surface area (Å²) in [5, 5.41) is 1.91. The molecule has 0 saturated carbocycles. The Morgan fingerprint density at radius 3 is 2.62 bits per heavy atom. The van der Waals surface area contributed by atoms with Crippen LogP contribution in [0.4, 0.5) is 13.2 Å². The van der Waals surface area contributed by atoms with E-state index < -0.39 is 11.7 Å². The number of halogens is 3. The van der Waals surface area contributed by atoms with Gasteiger partial charge in [0, 0.05) is 16.9 Å². The van der Waals surface area contributed by atoms with E-state index in [-0.39, 0.29) is 22.9 Å². The molecule has 0 unspecified atom stereocenters. The van der Waals surface area contributed by atoms with E-state index in [9.17, 15) is 13.2 Å². The molecule has 21 heavy (non-hydrogen) atoms. The van der Waals surface area contributed by atoms with Crippen LogP contribution in [0.5, 0.6) is 5.75 Å². The molecule has 1 aromatic heterocycles. The van der Waals surface area contributed by atoms with Crippen molar-refractivity contribution in [3.8, 4) is 5.75 Å². The molecule has 0 fully saturated rings. The molecule has 1 heterocycles. The van der Waals surface area contributed by atoms with Crippen molar-refractivity contribution in [2.75, 3.05) is 6.61 Å². The van der Waals surface area contributed by atoms with E-state index in [1.807, 2.05) is 17.5 Å². The fourth-order valence-corrected chi connectivity index (χ4v) is 2.56. The van der Waals surface area contributed by atoms with Gasteiger partial charge in [-0.05, 0) is 29.6 Å². The van der Waals surface area contributed by atoms with Crippen molar-refractivity contribution in [3.63, 3.8) is 0 Å². The predicted molar refractivity (Wildman–Crippen MR) is 80.8 cm³/mol. The van der Waals surface area contributed by atoms with E-state index in [1.165, 1.54) is 23.5 Å². The minimum atomic E-state index is -4.51. The molecule has 2 rings (SSSR count). The van der Waals surface area contributed by atoms with Gasteiger partial charge in [-0.15, -0.1) is 11.3 Å². The zero-order chi connectivity index (χ0) is 15.5. The number of thiocarbonyl (C=S) groups is 1. The minimum Gasteiger partial charge on any atom is -0.493 e. The summed E-state index contributed by atoms with van der Waals surface area (Å²) >= 11 is 6.24. The molecule has 2 aromatic rings. The van der Waals surface area contributed by atoms with Gasteiger partial charge >= 0.3 is 6.18 Å². The lowest BCUT2D eigenvalue weighted by molar-refractivity contribution is -0.138. The normalized spacial score (nSPS) is 11.4. The summed E-state index contributed by atoms with van der Waals surface area (Å²) in [5.41, 5.74) is 4.67. The van der Waals surface area contributed by atoms with Gasteiger partial charge in [-0.3, -0.25) is 0 Å². The quantitative estimate of drug-likeness (QED) is 0.841. The lowest BCUT2D eigenvalue weighted by atomic mass is 10.1. The van der Waals surface area contributed by atoms with Crippen molar-refractivity contribution in [2.45, 2.75) is 12.6 Å². The molecular formula is C14H12F3NOS2. The zero-order valence-electron chi connectivity index (χ0n) is 10.8. The second kappa shape index (κ2) is 6.44. The number of alkyl halides is 3. The highest BCUT2D eigenvalue weighted by molar-refractivity contribution is 7.80. The third-order valence-electron chi connectivity index (χ3n) is 2.76. The Morgan fingerprint density at radius 2 is 2.05 bits per heavy atom. The predicted octanol–water partition coefficient (Wildman–Crippen LogP) is 4.02. The summed E-state index contributed by atoms with van der Waals surface area (Å²) in [5.74, 6) is -0.209. The van der Waals surface area contributed by atoms with Gasteiger partial charge in [0.25, 0.3) is 0 Å². The molecule has 0 radical (unpaired) electrons. The summed E-state index contributed by atoms with van der Waals surface area (Å²) < 4.78 is 44.4. The van der Waals surface area contributed by atoms with Crippen LogP contribution < -0.4 is 10.5 Å². The smallest absolute Gasteiger partial charge is 0.419 e. The Balaban J connectivity index is 2.16. The van der Waals surface area contributed by atoms with Gasteiger partial charge in [0.2, 0.25) is 0 Å². The fraction of sp³-hybridized carbons (Fsp3) is 0.214. The molecule has 0 atom stereocenters. The summed E-state index contributed by atoms with van der Waals surface area (Å²) in [6, 6.07) is 7.40. The average Bonchev–Trinajstić information content (AvgIpc) is 2.90. The second-order valence-electron chi connectivity index (χ2n) is 4.25. The highest BCUT2D eigenvalue weighted by Crippen LogP contribution is 2.37. The lowest BCUT2D eigenvalue weighted by Gasteiger charge is -2.15.